The Morgan fingerprint density at radius 3 is 2.92 bits per heavy atom. The molecule has 3 aromatic heterocycles. The van der Waals surface area contributed by atoms with E-state index in [0.717, 1.165) is 40.7 Å². The molecule has 9 heteroatoms. The van der Waals surface area contributed by atoms with E-state index >= 15 is 0 Å². The normalized spacial score (nSPS) is 11.0. The Labute approximate surface area is 155 Å². The number of rotatable bonds is 9. The molecule has 2 N–H and O–H groups in total. The summed E-state index contributed by atoms with van der Waals surface area (Å²) in [4.78, 5) is 21.1. The molecule has 0 bridgehead atoms. The van der Waals surface area contributed by atoms with Crippen LogP contribution in [0, 0.1) is 0 Å². The monoisotopic (exact) mass is 374 g/mol. The van der Waals surface area contributed by atoms with Gasteiger partial charge in [0, 0.05) is 13.1 Å². The van der Waals surface area contributed by atoms with Crippen LogP contribution in [-0.4, -0.2) is 44.5 Å². The minimum absolute atomic E-state index is 0.242. The molecule has 0 spiro atoms. The van der Waals surface area contributed by atoms with Crippen molar-refractivity contribution in [2.45, 2.75) is 32.0 Å². The van der Waals surface area contributed by atoms with Crippen LogP contribution in [0.15, 0.2) is 34.2 Å². The van der Waals surface area contributed by atoms with Gasteiger partial charge in [0.2, 0.25) is 0 Å². The predicted octanol–water partition coefficient (Wildman–Crippen LogP) is 2.78. The van der Waals surface area contributed by atoms with Gasteiger partial charge < -0.3 is 15.1 Å². The summed E-state index contributed by atoms with van der Waals surface area (Å²) in [6, 6.07) is 3.32. The molecule has 3 heterocycles. The largest absolute Gasteiger partial charge is 0.459 e. The maximum Gasteiger partial charge on any atom is 0.287 e. The summed E-state index contributed by atoms with van der Waals surface area (Å²) in [6.45, 7) is 5.95. The van der Waals surface area contributed by atoms with Gasteiger partial charge >= 0.3 is 0 Å². The molecular formula is C17H22N6O2S. The third kappa shape index (κ3) is 4.16. The van der Waals surface area contributed by atoms with Crippen LogP contribution in [0.3, 0.4) is 0 Å². The van der Waals surface area contributed by atoms with E-state index in [9.17, 15) is 4.79 Å². The van der Waals surface area contributed by atoms with Crippen molar-refractivity contribution in [2.24, 2.45) is 0 Å². The molecule has 0 aliphatic carbocycles. The lowest BCUT2D eigenvalue weighted by Crippen LogP contribution is -2.27. The zero-order valence-corrected chi connectivity index (χ0v) is 15.7. The van der Waals surface area contributed by atoms with E-state index in [1.807, 2.05) is 0 Å². The number of fused-ring (bicyclic) bond motifs is 1. The number of nitrogens with one attached hydrogen (secondary N) is 2. The van der Waals surface area contributed by atoms with Gasteiger partial charge in [-0.15, -0.1) is 0 Å². The molecule has 0 saturated heterocycles. The smallest absolute Gasteiger partial charge is 0.287 e. The number of anilines is 1. The molecule has 0 aliphatic rings. The minimum atomic E-state index is -0.242. The lowest BCUT2D eigenvalue weighted by atomic mass is 10.3. The first-order valence-corrected chi connectivity index (χ1v) is 9.63. The number of furan rings is 1. The van der Waals surface area contributed by atoms with Crippen LogP contribution in [0.4, 0.5) is 5.82 Å². The van der Waals surface area contributed by atoms with Gasteiger partial charge in [-0.3, -0.25) is 4.79 Å². The van der Waals surface area contributed by atoms with E-state index < -0.39 is 0 Å². The van der Waals surface area contributed by atoms with E-state index in [0.29, 0.717) is 18.8 Å². The molecule has 0 atom stereocenters. The maximum atomic E-state index is 11.9. The van der Waals surface area contributed by atoms with E-state index in [-0.39, 0.29) is 5.91 Å². The number of hydrogen-bond acceptors (Lipinski definition) is 7. The molecule has 138 valence electrons. The number of aromatic nitrogens is 4. The second-order valence-corrected chi connectivity index (χ2v) is 6.78. The fraction of sp³-hybridized carbons (Fsp3) is 0.412. The zero-order chi connectivity index (χ0) is 18.4. The first-order valence-electron chi connectivity index (χ1n) is 8.64. The first-order chi connectivity index (χ1) is 12.7. The molecule has 3 rings (SSSR count). The topological polar surface area (TPSA) is 97.9 Å². The van der Waals surface area contributed by atoms with Crippen molar-refractivity contribution in [3.8, 4) is 0 Å². The van der Waals surface area contributed by atoms with Crippen molar-refractivity contribution < 1.29 is 9.21 Å². The Hall–Kier alpha value is -2.55. The van der Waals surface area contributed by atoms with Crippen LogP contribution in [-0.2, 0) is 6.54 Å². The first kappa shape index (κ1) is 18.2. The number of hydrogen-bond donors (Lipinski definition) is 2. The summed E-state index contributed by atoms with van der Waals surface area (Å²) < 4.78 is 6.87. The van der Waals surface area contributed by atoms with Crippen molar-refractivity contribution in [1.29, 1.82) is 0 Å². The highest BCUT2D eigenvalue weighted by atomic mass is 32.2. The predicted molar refractivity (Wildman–Crippen MR) is 102 cm³/mol. The van der Waals surface area contributed by atoms with Gasteiger partial charge in [0.15, 0.2) is 16.6 Å². The molecule has 0 unspecified atom stereocenters. The van der Waals surface area contributed by atoms with Crippen LogP contribution in [0.2, 0.25) is 0 Å². The highest BCUT2D eigenvalue weighted by Gasteiger charge is 2.13. The Morgan fingerprint density at radius 2 is 2.19 bits per heavy atom. The summed E-state index contributed by atoms with van der Waals surface area (Å²) in [6.07, 6.45) is 4.25. The van der Waals surface area contributed by atoms with E-state index in [2.05, 4.69) is 39.5 Å². The van der Waals surface area contributed by atoms with Gasteiger partial charge in [0.05, 0.1) is 24.4 Å². The van der Waals surface area contributed by atoms with Crippen LogP contribution in [0.5, 0.6) is 0 Å². The lowest BCUT2D eigenvalue weighted by Gasteiger charge is -2.09. The van der Waals surface area contributed by atoms with Crippen LogP contribution in [0.1, 0.15) is 30.8 Å². The molecule has 0 radical (unpaired) electrons. The quantitative estimate of drug-likeness (QED) is 0.439. The minimum Gasteiger partial charge on any atom is -0.459 e. The molecule has 0 fully saturated rings. The fourth-order valence-electron chi connectivity index (χ4n) is 2.44. The second kappa shape index (κ2) is 8.70. The number of carbonyl (C=O) groups is 1. The Kier molecular flexibility index (Phi) is 6.11. The molecule has 3 aromatic rings. The molecule has 26 heavy (non-hydrogen) atoms. The Balaban J connectivity index is 1.75. The standard InChI is InChI=1S/C17H22N6O2S/c1-3-7-18-14-12-11-20-23(15(12)22-17(21-14)26-4-2)9-8-19-16(24)13-6-5-10-25-13/h5-6,10-11H,3-4,7-9H2,1-2H3,(H,19,24)(H,18,21,22). The highest BCUT2D eigenvalue weighted by Crippen LogP contribution is 2.24. The van der Waals surface area contributed by atoms with Crippen molar-refractivity contribution in [3.63, 3.8) is 0 Å². The molecule has 0 aliphatic heterocycles. The van der Waals surface area contributed by atoms with Gasteiger partial charge in [-0.2, -0.15) is 5.10 Å². The molecule has 1 amide bonds. The lowest BCUT2D eigenvalue weighted by molar-refractivity contribution is 0.0924. The van der Waals surface area contributed by atoms with Gasteiger partial charge in [-0.25, -0.2) is 14.6 Å². The number of thioether (sulfide) groups is 1. The summed E-state index contributed by atoms with van der Waals surface area (Å²) in [7, 11) is 0. The maximum absolute atomic E-state index is 11.9. The van der Waals surface area contributed by atoms with Crippen molar-refractivity contribution in [1.82, 2.24) is 25.1 Å². The molecular weight excluding hydrogens is 352 g/mol. The van der Waals surface area contributed by atoms with Crippen LogP contribution in [0.25, 0.3) is 11.0 Å². The fourth-order valence-corrected chi connectivity index (χ4v) is 3.01. The zero-order valence-electron chi connectivity index (χ0n) is 14.9. The number of nitrogens with zero attached hydrogens (tertiary/aromatic N) is 4. The Bertz CT molecular complexity index is 862. The third-order valence-corrected chi connectivity index (χ3v) is 4.38. The second-order valence-electron chi connectivity index (χ2n) is 5.55. The van der Waals surface area contributed by atoms with Crippen LogP contribution >= 0.6 is 11.8 Å². The number of amides is 1. The van der Waals surface area contributed by atoms with E-state index in [1.165, 1.54) is 6.26 Å². The van der Waals surface area contributed by atoms with Gasteiger partial charge in [-0.05, 0) is 24.3 Å². The van der Waals surface area contributed by atoms with Gasteiger partial charge in [0.25, 0.3) is 5.91 Å². The summed E-state index contributed by atoms with van der Waals surface area (Å²) in [5.74, 6) is 1.75. The van der Waals surface area contributed by atoms with Crippen LogP contribution < -0.4 is 10.6 Å². The highest BCUT2D eigenvalue weighted by molar-refractivity contribution is 7.99. The number of carbonyl (C=O) groups excluding carboxylic acids is 1. The van der Waals surface area contributed by atoms with Crippen molar-refractivity contribution >= 4 is 34.5 Å². The molecule has 0 aromatic carbocycles. The van der Waals surface area contributed by atoms with Crippen molar-refractivity contribution in [2.75, 3.05) is 24.2 Å². The average molecular weight is 374 g/mol. The molecule has 0 saturated carbocycles. The van der Waals surface area contributed by atoms with Gasteiger partial charge in [-0.1, -0.05) is 25.6 Å². The van der Waals surface area contributed by atoms with Gasteiger partial charge in [0.1, 0.15) is 5.82 Å². The summed E-state index contributed by atoms with van der Waals surface area (Å²) in [5, 5.41) is 12.2. The molecule has 8 nitrogen and oxygen atoms in total. The van der Waals surface area contributed by atoms with Crippen molar-refractivity contribution in [3.05, 3.63) is 30.4 Å². The Morgan fingerprint density at radius 1 is 1.31 bits per heavy atom. The third-order valence-electron chi connectivity index (χ3n) is 3.65. The SMILES string of the molecule is CCCNc1nc(SCC)nc2c1cnn2CCNC(=O)c1ccco1. The van der Waals surface area contributed by atoms with E-state index in [4.69, 9.17) is 4.42 Å². The van der Waals surface area contributed by atoms with E-state index in [1.54, 1.807) is 34.8 Å². The average Bonchev–Trinajstić information content (AvgIpc) is 3.30. The summed E-state index contributed by atoms with van der Waals surface area (Å²) in [5.41, 5.74) is 0.766. The summed E-state index contributed by atoms with van der Waals surface area (Å²) >= 11 is 1.59.